The second-order valence-corrected chi connectivity index (χ2v) is 13.9. The summed E-state index contributed by atoms with van der Waals surface area (Å²) in [7, 11) is 0. The van der Waals surface area contributed by atoms with Gasteiger partial charge in [0, 0.05) is 22.7 Å². The molecule has 0 spiro atoms. The molecule has 0 radical (unpaired) electrons. The first-order valence-corrected chi connectivity index (χ1v) is 16.1. The Balaban J connectivity index is 1.06. The lowest BCUT2D eigenvalue weighted by atomic mass is 9.53. The number of carbonyl (C=O) groups is 1. The molecule has 1 aromatic heterocycles. The van der Waals surface area contributed by atoms with Gasteiger partial charge in [-0.1, -0.05) is 66.5 Å². The smallest absolute Gasteiger partial charge is 0.319 e. The van der Waals surface area contributed by atoms with Crippen molar-refractivity contribution in [3.8, 4) is 0 Å². The van der Waals surface area contributed by atoms with Gasteiger partial charge in [0.15, 0.2) is 11.4 Å². The van der Waals surface area contributed by atoms with Crippen LogP contribution in [-0.2, 0) is 22.6 Å². The molecule has 8 rings (SSSR count). The number of hydrogen-bond acceptors (Lipinski definition) is 5. The summed E-state index contributed by atoms with van der Waals surface area (Å²) in [5.41, 5.74) is 3.36. The number of aliphatic hydroxyl groups excluding tert-OH is 1. The number of aromatic nitrogens is 2. The maximum Gasteiger partial charge on any atom is 0.319 e. The van der Waals surface area contributed by atoms with Crippen molar-refractivity contribution in [2.75, 3.05) is 5.32 Å². The Morgan fingerprint density at radius 1 is 0.977 bits per heavy atom. The van der Waals surface area contributed by atoms with E-state index in [1.165, 1.54) is 19.3 Å². The van der Waals surface area contributed by atoms with Gasteiger partial charge < -0.3 is 29.8 Å². The summed E-state index contributed by atoms with van der Waals surface area (Å²) in [5, 5.41) is 16.6. The zero-order valence-electron chi connectivity index (χ0n) is 24.2. The highest BCUT2D eigenvalue weighted by Gasteiger charge is 2.51. The van der Waals surface area contributed by atoms with E-state index in [0.717, 1.165) is 59.4 Å². The lowest BCUT2D eigenvalue weighted by Crippen LogP contribution is -2.60. The molecule has 10 heteroatoms. The highest BCUT2D eigenvalue weighted by molar-refractivity contribution is 6.40. The molecule has 2 heterocycles. The molecule has 5 aliphatic rings. The van der Waals surface area contributed by atoms with Crippen LogP contribution >= 0.6 is 23.2 Å². The van der Waals surface area contributed by atoms with Crippen LogP contribution in [0, 0.1) is 23.7 Å². The first-order chi connectivity index (χ1) is 20.8. The van der Waals surface area contributed by atoms with E-state index in [-0.39, 0.29) is 41.5 Å². The SMILES string of the molecule is C[C@@H]1[C@H](Cn2cnc(Cl)c2Cl)O[C@H](c2ccc(NC(=O)NC34CC5CC(CC(C5)C3)C4)cc2)O[C@@H]1c1ccc(CO)cc1. The third kappa shape index (κ3) is 5.92. The van der Waals surface area contributed by atoms with Gasteiger partial charge in [0.25, 0.3) is 0 Å². The fraction of sp³-hybridized carbons (Fsp3) is 0.515. The Bertz CT molecular complexity index is 1430. The highest BCUT2D eigenvalue weighted by atomic mass is 35.5. The van der Waals surface area contributed by atoms with Crippen molar-refractivity contribution in [2.24, 2.45) is 23.7 Å². The Morgan fingerprint density at radius 3 is 2.19 bits per heavy atom. The van der Waals surface area contributed by atoms with Crippen LogP contribution in [0.25, 0.3) is 0 Å². The maximum atomic E-state index is 13.1. The van der Waals surface area contributed by atoms with Gasteiger partial charge in [0.1, 0.15) is 5.15 Å². The van der Waals surface area contributed by atoms with Crippen LogP contribution < -0.4 is 10.6 Å². The van der Waals surface area contributed by atoms with Crippen LogP contribution in [0.2, 0.25) is 10.3 Å². The average molecular weight is 626 g/mol. The number of nitrogens with one attached hydrogen (secondary N) is 2. The molecule has 4 atom stereocenters. The van der Waals surface area contributed by atoms with E-state index in [2.05, 4.69) is 22.5 Å². The molecular weight excluding hydrogens is 587 g/mol. The molecule has 228 valence electrons. The van der Waals surface area contributed by atoms with Crippen LogP contribution in [0.4, 0.5) is 10.5 Å². The Hall–Kier alpha value is -2.62. The predicted octanol–water partition coefficient (Wildman–Crippen LogP) is 7.26. The normalized spacial score (nSPS) is 33.0. The first kappa shape index (κ1) is 29.1. The number of nitrogens with zero attached hydrogens (tertiary/aromatic N) is 2. The third-order valence-corrected chi connectivity index (χ3v) is 10.9. The number of carbonyl (C=O) groups excluding carboxylic acids is 1. The molecule has 4 saturated carbocycles. The summed E-state index contributed by atoms with van der Waals surface area (Å²) in [4.78, 5) is 17.2. The van der Waals surface area contributed by atoms with Gasteiger partial charge in [-0.3, -0.25) is 0 Å². The van der Waals surface area contributed by atoms with E-state index < -0.39 is 6.29 Å². The molecule has 1 saturated heterocycles. The number of ether oxygens (including phenoxy) is 2. The summed E-state index contributed by atoms with van der Waals surface area (Å²) >= 11 is 12.5. The largest absolute Gasteiger partial charge is 0.392 e. The van der Waals surface area contributed by atoms with Crippen LogP contribution in [0.3, 0.4) is 0 Å². The van der Waals surface area contributed by atoms with Gasteiger partial charge in [0.05, 0.1) is 31.7 Å². The van der Waals surface area contributed by atoms with Crippen molar-refractivity contribution in [3.63, 3.8) is 0 Å². The minimum Gasteiger partial charge on any atom is -0.392 e. The highest BCUT2D eigenvalue weighted by Crippen LogP contribution is 2.55. The molecule has 1 aliphatic heterocycles. The molecule has 3 aromatic rings. The standard InChI is InChI=1S/C33H38Cl2N4O4/c1-19-27(16-39-18-36-29(34)30(39)35)42-31(43-28(19)24-4-2-20(17-40)3-5-24)25-6-8-26(9-7-25)37-32(41)38-33-13-21-10-22(14-33)12-23(11-21)15-33/h2-9,18-19,21-23,27-28,31,40H,10-17H2,1H3,(H2,37,38,41)/t19-,21?,22?,23?,27+,28+,31+,33?/m1/s1. The molecule has 2 amide bonds. The van der Waals surface area contributed by atoms with Crippen LogP contribution in [0.1, 0.15) is 74.5 Å². The molecule has 4 bridgehead atoms. The number of aliphatic hydroxyl groups is 1. The van der Waals surface area contributed by atoms with E-state index in [0.29, 0.717) is 11.7 Å². The minimum atomic E-state index is -0.642. The fourth-order valence-corrected chi connectivity index (χ4v) is 8.70. The van der Waals surface area contributed by atoms with Crippen LogP contribution in [0.5, 0.6) is 0 Å². The van der Waals surface area contributed by atoms with Crippen molar-refractivity contribution >= 4 is 34.9 Å². The van der Waals surface area contributed by atoms with Gasteiger partial charge in [0.2, 0.25) is 0 Å². The molecule has 0 unspecified atom stereocenters. The van der Waals surface area contributed by atoms with E-state index in [9.17, 15) is 9.90 Å². The number of hydrogen-bond donors (Lipinski definition) is 3. The zero-order chi connectivity index (χ0) is 29.7. The topological polar surface area (TPSA) is 97.6 Å². The molecule has 3 N–H and O–H groups in total. The predicted molar refractivity (Wildman–Crippen MR) is 165 cm³/mol. The number of urea groups is 1. The van der Waals surface area contributed by atoms with Crippen molar-refractivity contribution in [2.45, 2.75) is 82.6 Å². The number of benzene rings is 2. The summed E-state index contributed by atoms with van der Waals surface area (Å²) < 4.78 is 14.9. The summed E-state index contributed by atoms with van der Waals surface area (Å²) in [6.07, 6.45) is 7.81. The average Bonchev–Trinajstić information content (AvgIpc) is 3.30. The minimum absolute atomic E-state index is 0.0173. The summed E-state index contributed by atoms with van der Waals surface area (Å²) in [6.45, 7) is 2.53. The van der Waals surface area contributed by atoms with Crippen molar-refractivity contribution in [1.29, 1.82) is 0 Å². The molecule has 8 nitrogen and oxygen atoms in total. The number of amides is 2. The van der Waals surface area contributed by atoms with E-state index in [4.69, 9.17) is 32.7 Å². The van der Waals surface area contributed by atoms with Crippen LogP contribution in [0.15, 0.2) is 54.9 Å². The number of imidazole rings is 1. The van der Waals surface area contributed by atoms with E-state index >= 15 is 0 Å². The van der Waals surface area contributed by atoms with Crippen molar-refractivity contribution < 1.29 is 19.4 Å². The van der Waals surface area contributed by atoms with Gasteiger partial charge >= 0.3 is 6.03 Å². The number of anilines is 1. The van der Waals surface area contributed by atoms with Gasteiger partial charge in [-0.15, -0.1) is 0 Å². The second kappa shape index (κ2) is 11.7. The lowest BCUT2D eigenvalue weighted by Gasteiger charge is -2.56. The maximum absolute atomic E-state index is 13.1. The van der Waals surface area contributed by atoms with E-state index in [1.807, 2.05) is 48.5 Å². The monoisotopic (exact) mass is 624 g/mol. The van der Waals surface area contributed by atoms with Gasteiger partial charge in [-0.2, -0.15) is 0 Å². The van der Waals surface area contributed by atoms with Crippen molar-refractivity contribution in [1.82, 2.24) is 14.9 Å². The molecule has 5 fully saturated rings. The quantitative estimate of drug-likeness (QED) is 0.257. The number of rotatable bonds is 7. The van der Waals surface area contributed by atoms with Gasteiger partial charge in [-0.05, 0) is 79.5 Å². The molecule has 4 aliphatic carbocycles. The second-order valence-electron chi connectivity index (χ2n) is 13.2. The Morgan fingerprint density at radius 2 is 1.60 bits per heavy atom. The lowest BCUT2D eigenvalue weighted by molar-refractivity contribution is -0.276. The summed E-state index contributed by atoms with van der Waals surface area (Å²) in [6, 6.07) is 15.3. The zero-order valence-corrected chi connectivity index (χ0v) is 25.7. The van der Waals surface area contributed by atoms with Crippen LogP contribution in [-0.4, -0.2) is 32.3 Å². The third-order valence-electron chi connectivity index (χ3n) is 10.1. The van der Waals surface area contributed by atoms with Gasteiger partial charge in [-0.25, -0.2) is 9.78 Å². The first-order valence-electron chi connectivity index (χ1n) is 15.3. The van der Waals surface area contributed by atoms with Crippen molar-refractivity contribution in [3.05, 3.63) is 81.9 Å². The molecule has 43 heavy (non-hydrogen) atoms. The van der Waals surface area contributed by atoms with E-state index in [1.54, 1.807) is 10.9 Å². The summed E-state index contributed by atoms with van der Waals surface area (Å²) in [5.74, 6) is 2.28. The fourth-order valence-electron chi connectivity index (χ4n) is 8.38. The Labute approximate surface area is 262 Å². The molecule has 2 aromatic carbocycles. The Kier molecular flexibility index (Phi) is 7.93. The molecular formula is C33H38Cl2N4O4. The number of halogens is 2.